The molecule has 3 rings (SSSR count). The number of imide groups is 1. The van der Waals surface area contributed by atoms with Gasteiger partial charge in [-0.1, -0.05) is 42.5 Å². The van der Waals surface area contributed by atoms with Crippen molar-refractivity contribution in [2.75, 3.05) is 0 Å². The highest BCUT2D eigenvalue weighted by Crippen LogP contribution is 2.28. The van der Waals surface area contributed by atoms with E-state index in [-0.39, 0.29) is 18.0 Å². The van der Waals surface area contributed by atoms with Gasteiger partial charge in [-0.3, -0.25) is 14.6 Å². The number of hydrogen-bond acceptors (Lipinski definition) is 2. The molecule has 0 N–H and O–H groups in total. The first-order chi connectivity index (χ1) is 9.18. The van der Waals surface area contributed by atoms with E-state index < -0.39 is 0 Å². The van der Waals surface area contributed by atoms with Crippen LogP contribution in [0.15, 0.2) is 54.3 Å². The molecular weight excluding hydrogens is 240 g/mol. The molecule has 2 heterocycles. The lowest BCUT2D eigenvalue weighted by atomic mass is 10.2. The van der Waals surface area contributed by atoms with E-state index in [2.05, 4.69) is 0 Å². The summed E-state index contributed by atoms with van der Waals surface area (Å²) in [6.07, 6.45) is 5.43. The van der Waals surface area contributed by atoms with Gasteiger partial charge in [0.25, 0.3) is 5.91 Å². The van der Waals surface area contributed by atoms with Crippen LogP contribution >= 0.6 is 0 Å². The first-order valence-electron chi connectivity index (χ1n) is 6.26. The van der Waals surface area contributed by atoms with Crippen LogP contribution in [0.2, 0.25) is 0 Å². The first-order valence-corrected chi connectivity index (χ1v) is 6.26. The Morgan fingerprint density at radius 3 is 2.58 bits per heavy atom. The lowest BCUT2D eigenvalue weighted by molar-refractivity contribution is -0.123. The monoisotopic (exact) mass is 254 g/mol. The van der Waals surface area contributed by atoms with Gasteiger partial charge in [0.05, 0.1) is 12.6 Å². The van der Waals surface area contributed by atoms with Crippen molar-refractivity contribution in [2.24, 2.45) is 0 Å². The molecule has 4 heteroatoms. The van der Waals surface area contributed by atoms with Crippen LogP contribution in [-0.4, -0.2) is 27.8 Å². The summed E-state index contributed by atoms with van der Waals surface area (Å²) in [5, 5.41) is 0. The number of carbonyl (C=O) groups excluding carboxylic acids is 2. The third kappa shape index (κ3) is 1.85. The Labute approximate surface area is 111 Å². The lowest BCUT2D eigenvalue weighted by Crippen LogP contribution is -2.37. The van der Waals surface area contributed by atoms with Crippen LogP contribution in [0.25, 0.3) is 0 Å². The van der Waals surface area contributed by atoms with Crippen molar-refractivity contribution in [3.8, 4) is 0 Å². The standard InChI is InChI=1S/C15H14N2O2/c1-11-6-5-9-13-14(18)16(15(19)17(11)13)10-12-7-3-2-4-8-12/h2-9,11H,10H2,1H3. The Bertz CT molecular complexity index is 589. The fraction of sp³-hybridized carbons (Fsp3) is 0.200. The number of rotatable bonds is 2. The number of urea groups is 1. The minimum atomic E-state index is -0.239. The number of hydrogen-bond donors (Lipinski definition) is 0. The average molecular weight is 254 g/mol. The Hall–Kier alpha value is -2.36. The molecule has 1 unspecified atom stereocenters. The number of carbonyl (C=O) groups is 2. The summed E-state index contributed by atoms with van der Waals surface area (Å²) in [6.45, 7) is 2.22. The number of nitrogens with zero attached hydrogens (tertiary/aromatic N) is 2. The molecule has 2 aliphatic heterocycles. The van der Waals surface area contributed by atoms with Gasteiger partial charge in [0.2, 0.25) is 0 Å². The Morgan fingerprint density at radius 1 is 1.16 bits per heavy atom. The molecule has 0 saturated carbocycles. The second-order valence-electron chi connectivity index (χ2n) is 4.71. The minimum absolute atomic E-state index is 0.0720. The molecule has 1 atom stereocenters. The molecule has 96 valence electrons. The number of benzene rings is 1. The van der Waals surface area contributed by atoms with Crippen molar-refractivity contribution >= 4 is 11.9 Å². The normalized spacial score (nSPS) is 21.7. The highest BCUT2D eigenvalue weighted by molar-refractivity contribution is 6.12. The van der Waals surface area contributed by atoms with E-state index in [0.717, 1.165) is 5.56 Å². The molecule has 0 bridgehead atoms. The summed E-state index contributed by atoms with van der Waals surface area (Å²) in [6, 6.07) is 9.22. The maximum absolute atomic E-state index is 12.3. The molecule has 0 aromatic heterocycles. The maximum Gasteiger partial charge on any atom is 0.332 e. The molecule has 1 saturated heterocycles. The van der Waals surface area contributed by atoms with Gasteiger partial charge < -0.3 is 0 Å². The van der Waals surface area contributed by atoms with E-state index >= 15 is 0 Å². The summed E-state index contributed by atoms with van der Waals surface area (Å²) in [5.41, 5.74) is 1.42. The van der Waals surface area contributed by atoms with Gasteiger partial charge >= 0.3 is 6.03 Å². The molecule has 0 spiro atoms. The van der Waals surface area contributed by atoms with E-state index in [1.165, 1.54) is 4.90 Å². The largest absolute Gasteiger partial charge is 0.332 e. The summed E-state index contributed by atoms with van der Waals surface area (Å²) in [7, 11) is 0. The Kier molecular flexibility index (Phi) is 2.71. The van der Waals surface area contributed by atoms with Crippen molar-refractivity contribution < 1.29 is 9.59 Å². The van der Waals surface area contributed by atoms with Gasteiger partial charge in [-0.25, -0.2) is 4.79 Å². The summed E-state index contributed by atoms with van der Waals surface area (Å²) < 4.78 is 0. The number of allylic oxidation sites excluding steroid dienone is 2. The molecule has 19 heavy (non-hydrogen) atoms. The van der Waals surface area contributed by atoms with Gasteiger partial charge in [-0.15, -0.1) is 0 Å². The molecule has 4 nitrogen and oxygen atoms in total. The highest BCUT2D eigenvalue weighted by Gasteiger charge is 2.43. The van der Waals surface area contributed by atoms with Crippen LogP contribution in [0.3, 0.4) is 0 Å². The molecule has 1 aromatic carbocycles. The summed E-state index contributed by atoms with van der Waals surface area (Å²) in [4.78, 5) is 27.4. The van der Waals surface area contributed by atoms with E-state index in [1.807, 2.05) is 49.4 Å². The zero-order chi connectivity index (χ0) is 13.4. The van der Waals surface area contributed by atoms with Crippen LogP contribution < -0.4 is 0 Å². The second kappa shape index (κ2) is 4.39. The van der Waals surface area contributed by atoms with Gasteiger partial charge in [-0.05, 0) is 18.6 Å². The Balaban J connectivity index is 1.89. The number of amides is 3. The van der Waals surface area contributed by atoms with Crippen LogP contribution in [-0.2, 0) is 11.3 Å². The number of fused-ring (bicyclic) bond motifs is 1. The Morgan fingerprint density at radius 2 is 1.89 bits per heavy atom. The third-order valence-electron chi connectivity index (χ3n) is 3.40. The molecule has 0 aliphatic carbocycles. The van der Waals surface area contributed by atoms with Crippen LogP contribution in [0.5, 0.6) is 0 Å². The maximum atomic E-state index is 12.3. The summed E-state index contributed by atoms with van der Waals surface area (Å²) in [5.74, 6) is -0.218. The fourth-order valence-electron chi connectivity index (χ4n) is 2.41. The van der Waals surface area contributed by atoms with Gasteiger partial charge in [-0.2, -0.15) is 0 Å². The topological polar surface area (TPSA) is 40.6 Å². The first kappa shape index (κ1) is 11.7. The average Bonchev–Trinajstić information content (AvgIpc) is 2.66. The van der Waals surface area contributed by atoms with Crippen molar-refractivity contribution in [3.05, 3.63) is 59.8 Å². The molecule has 1 fully saturated rings. The third-order valence-corrected chi connectivity index (χ3v) is 3.40. The second-order valence-corrected chi connectivity index (χ2v) is 4.71. The minimum Gasteiger partial charge on any atom is -0.282 e. The zero-order valence-corrected chi connectivity index (χ0v) is 10.6. The molecule has 0 radical (unpaired) electrons. The molecule has 1 aromatic rings. The SMILES string of the molecule is CC1C=CC=C2C(=O)N(Cc3ccccc3)C(=O)N21. The molecular formula is C15H14N2O2. The molecule has 3 amide bonds. The van der Waals surface area contributed by atoms with Gasteiger partial charge in [0, 0.05) is 0 Å². The quantitative estimate of drug-likeness (QED) is 0.760. The predicted molar refractivity (Wildman–Crippen MR) is 70.9 cm³/mol. The fourth-order valence-corrected chi connectivity index (χ4v) is 2.41. The highest BCUT2D eigenvalue weighted by atomic mass is 16.2. The lowest BCUT2D eigenvalue weighted by Gasteiger charge is -2.23. The molecule has 2 aliphatic rings. The van der Waals surface area contributed by atoms with E-state index in [0.29, 0.717) is 12.2 Å². The van der Waals surface area contributed by atoms with Crippen molar-refractivity contribution in [2.45, 2.75) is 19.5 Å². The van der Waals surface area contributed by atoms with Crippen LogP contribution in [0.1, 0.15) is 12.5 Å². The van der Waals surface area contributed by atoms with Crippen LogP contribution in [0.4, 0.5) is 4.79 Å². The van der Waals surface area contributed by atoms with E-state index in [4.69, 9.17) is 0 Å². The van der Waals surface area contributed by atoms with Crippen molar-refractivity contribution in [1.29, 1.82) is 0 Å². The zero-order valence-electron chi connectivity index (χ0n) is 10.6. The summed E-state index contributed by atoms with van der Waals surface area (Å²) >= 11 is 0. The van der Waals surface area contributed by atoms with E-state index in [9.17, 15) is 9.59 Å². The van der Waals surface area contributed by atoms with Crippen molar-refractivity contribution in [1.82, 2.24) is 9.80 Å². The van der Waals surface area contributed by atoms with Crippen LogP contribution in [0, 0.1) is 0 Å². The smallest absolute Gasteiger partial charge is 0.282 e. The van der Waals surface area contributed by atoms with Gasteiger partial charge in [0.15, 0.2) is 0 Å². The van der Waals surface area contributed by atoms with E-state index in [1.54, 1.807) is 11.0 Å². The predicted octanol–water partition coefficient (Wildman–Crippen LogP) is 2.29. The van der Waals surface area contributed by atoms with Gasteiger partial charge in [0.1, 0.15) is 5.70 Å². The van der Waals surface area contributed by atoms with Crippen molar-refractivity contribution in [3.63, 3.8) is 0 Å².